The minimum absolute atomic E-state index is 0.101. The fraction of sp³-hybridized carbons (Fsp3) is 0.0952. The summed E-state index contributed by atoms with van der Waals surface area (Å²) in [6, 6.07) is 12.4. The molecule has 0 aliphatic carbocycles. The summed E-state index contributed by atoms with van der Waals surface area (Å²) >= 11 is 5.83. The Morgan fingerprint density at radius 1 is 1.00 bits per heavy atom. The summed E-state index contributed by atoms with van der Waals surface area (Å²) in [6.45, 7) is 2.00. The van der Waals surface area contributed by atoms with Gasteiger partial charge in [0.05, 0.1) is 22.9 Å². The molecule has 0 unspecified atom stereocenters. The van der Waals surface area contributed by atoms with Crippen molar-refractivity contribution in [2.24, 2.45) is 0 Å². The van der Waals surface area contributed by atoms with Gasteiger partial charge < -0.3 is 10.1 Å². The molecule has 0 radical (unpaired) electrons. The quantitative estimate of drug-likeness (QED) is 0.509. The van der Waals surface area contributed by atoms with Gasteiger partial charge in [0.25, 0.3) is 15.9 Å². The van der Waals surface area contributed by atoms with Crippen LogP contribution in [-0.4, -0.2) is 20.9 Å². The maximum absolute atomic E-state index is 13.9. The predicted octanol–water partition coefficient (Wildman–Crippen LogP) is 5.07. The second-order valence-corrected chi connectivity index (χ2v) is 8.40. The van der Waals surface area contributed by atoms with Crippen molar-refractivity contribution in [2.75, 3.05) is 16.6 Å². The van der Waals surface area contributed by atoms with Crippen molar-refractivity contribution in [1.82, 2.24) is 0 Å². The summed E-state index contributed by atoms with van der Waals surface area (Å²) < 4.78 is 59.9. The van der Waals surface area contributed by atoms with Gasteiger partial charge in [-0.25, -0.2) is 17.2 Å². The molecule has 6 nitrogen and oxygen atoms in total. The average Bonchev–Trinajstić information content (AvgIpc) is 2.72. The Morgan fingerprint density at radius 3 is 2.35 bits per heavy atom. The summed E-state index contributed by atoms with van der Waals surface area (Å²) in [7, 11) is -4.25. The fourth-order valence-corrected chi connectivity index (χ4v) is 3.85. The lowest BCUT2D eigenvalue weighted by Gasteiger charge is -2.15. The largest absolute Gasteiger partial charge is 0.492 e. The van der Waals surface area contributed by atoms with Gasteiger partial charge in [-0.3, -0.25) is 9.52 Å². The first kappa shape index (κ1) is 22.5. The van der Waals surface area contributed by atoms with Crippen molar-refractivity contribution in [3.63, 3.8) is 0 Å². The third-order valence-electron chi connectivity index (χ3n) is 4.09. The Kier molecular flexibility index (Phi) is 6.77. The molecule has 0 spiro atoms. The zero-order chi connectivity index (χ0) is 22.6. The summed E-state index contributed by atoms with van der Waals surface area (Å²) in [6.07, 6.45) is 0. The zero-order valence-electron chi connectivity index (χ0n) is 16.2. The minimum Gasteiger partial charge on any atom is -0.492 e. The van der Waals surface area contributed by atoms with Crippen molar-refractivity contribution >= 4 is 38.9 Å². The Balaban J connectivity index is 1.92. The van der Waals surface area contributed by atoms with E-state index in [0.717, 1.165) is 12.1 Å². The highest BCUT2D eigenvalue weighted by atomic mass is 35.5. The monoisotopic (exact) mass is 466 g/mol. The van der Waals surface area contributed by atoms with Crippen molar-refractivity contribution in [2.45, 2.75) is 11.8 Å². The highest BCUT2D eigenvalue weighted by Gasteiger charge is 2.20. The number of amides is 1. The highest BCUT2D eigenvalue weighted by Crippen LogP contribution is 2.30. The van der Waals surface area contributed by atoms with Gasteiger partial charge in [0.2, 0.25) is 0 Å². The highest BCUT2D eigenvalue weighted by molar-refractivity contribution is 7.92. The number of halogens is 3. The second-order valence-electron chi connectivity index (χ2n) is 6.28. The molecule has 0 aliphatic heterocycles. The summed E-state index contributed by atoms with van der Waals surface area (Å²) in [5.41, 5.74) is -0.0158. The van der Waals surface area contributed by atoms with Gasteiger partial charge >= 0.3 is 0 Å². The van der Waals surface area contributed by atoms with Gasteiger partial charge in [0.15, 0.2) is 0 Å². The third kappa shape index (κ3) is 5.50. The number of anilines is 2. The lowest BCUT2D eigenvalue weighted by Crippen LogP contribution is -2.16. The van der Waals surface area contributed by atoms with Gasteiger partial charge in [-0.05, 0) is 61.5 Å². The molecule has 10 heteroatoms. The van der Waals surface area contributed by atoms with Crippen LogP contribution in [0.2, 0.25) is 5.02 Å². The van der Waals surface area contributed by atoms with E-state index >= 15 is 0 Å². The molecule has 3 aromatic carbocycles. The molecule has 0 aromatic heterocycles. The van der Waals surface area contributed by atoms with Gasteiger partial charge in [-0.2, -0.15) is 0 Å². The van der Waals surface area contributed by atoms with E-state index in [9.17, 15) is 22.0 Å². The van der Waals surface area contributed by atoms with Crippen LogP contribution in [-0.2, 0) is 10.0 Å². The molecule has 0 bridgehead atoms. The van der Waals surface area contributed by atoms with Gasteiger partial charge in [0.1, 0.15) is 17.4 Å². The molecule has 0 saturated carbocycles. The second kappa shape index (κ2) is 9.32. The maximum Gasteiger partial charge on any atom is 0.262 e. The Hall–Kier alpha value is -3.17. The van der Waals surface area contributed by atoms with Gasteiger partial charge in [-0.1, -0.05) is 11.6 Å². The van der Waals surface area contributed by atoms with Gasteiger partial charge in [0, 0.05) is 16.7 Å². The van der Waals surface area contributed by atoms with E-state index in [1.807, 2.05) is 0 Å². The topological polar surface area (TPSA) is 84.5 Å². The van der Waals surface area contributed by atoms with Crippen molar-refractivity contribution in [3.05, 3.63) is 82.9 Å². The lowest BCUT2D eigenvalue weighted by atomic mass is 10.2. The Morgan fingerprint density at radius 2 is 1.71 bits per heavy atom. The molecular formula is C21H17ClF2N2O4S. The molecule has 31 heavy (non-hydrogen) atoms. The van der Waals surface area contributed by atoms with Crippen molar-refractivity contribution in [1.29, 1.82) is 0 Å². The first-order valence-corrected chi connectivity index (χ1v) is 10.9. The van der Waals surface area contributed by atoms with Crippen molar-refractivity contribution in [3.8, 4) is 5.75 Å². The molecule has 0 atom stereocenters. The summed E-state index contributed by atoms with van der Waals surface area (Å²) in [4.78, 5) is 12.3. The first-order valence-electron chi connectivity index (χ1n) is 9.01. The van der Waals surface area contributed by atoms with Gasteiger partial charge in [-0.15, -0.1) is 0 Å². The molecule has 0 aliphatic rings. The van der Waals surface area contributed by atoms with Crippen LogP contribution in [0.15, 0.2) is 65.6 Å². The van der Waals surface area contributed by atoms with E-state index in [1.165, 1.54) is 30.3 Å². The number of sulfonamides is 1. The lowest BCUT2D eigenvalue weighted by molar-refractivity contribution is 0.102. The van der Waals surface area contributed by atoms with E-state index < -0.39 is 33.3 Å². The number of benzene rings is 3. The van der Waals surface area contributed by atoms with E-state index in [2.05, 4.69) is 10.0 Å². The number of rotatable bonds is 7. The van der Waals surface area contributed by atoms with Crippen molar-refractivity contribution < 1.29 is 26.7 Å². The van der Waals surface area contributed by atoms with Crippen LogP contribution < -0.4 is 14.8 Å². The summed E-state index contributed by atoms with van der Waals surface area (Å²) in [5, 5.41) is 3.06. The molecule has 0 fully saturated rings. The van der Waals surface area contributed by atoms with E-state index in [0.29, 0.717) is 16.7 Å². The normalized spacial score (nSPS) is 11.1. The average molecular weight is 467 g/mol. The smallest absolute Gasteiger partial charge is 0.262 e. The molecule has 3 aromatic rings. The molecular weight excluding hydrogens is 450 g/mol. The van der Waals surface area contributed by atoms with Crippen LogP contribution in [0, 0.1) is 11.6 Å². The number of carbonyl (C=O) groups is 1. The van der Waals surface area contributed by atoms with Crippen LogP contribution in [0.5, 0.6) is 5.75 Å². The molecule has 0 heterocycles. The van der Waals surface area contributed by atoms with Crippen LogP contribution in [0.25, 0.3) is 0 Å². The minimum atomic E-state index is -4.25. The van der Waals surface area contributed by atoms with E-state index in [-0.39, 0.29) is 22.9 Å². The number of hydrogen-bond donors (Lipinski definition) is 2. The first-order chi connectivity index (χ1) is 14.7. The predicted molar refractivity (Wildman–Crippen MR) is 114 cm³/mol. The fourth-order valence-electron chi connectivity index (χ4n) is 2.63. The molecule has 3 rings (SSSR count). The Bertz CT molecular complexity index is 1220. The third-order valence-corrected chi connectivity index (χ3v) is 5.71. The standard InChI is InChI=1S/C21H17ClF2N2O4S/c1-2-30-20-10-8-16(31(28,29)26-18-9-7-15(23)11-17(18)24)12-19(20)25-21(27)13-3-5-14(22)6-4-13/h3-12,26H,2H2,1H3,(H,25,27). The van der Waals surface area contributed by atoms with Crippen LogP contribution in [0.1, 0.15) is 17.3 Å². The van der Waals surface area contributed by atoms with E-state index in [1.54, 1.807) is 19.1 Å². The molecule has 0 saturated heterocycles. The number of carbonyl (C=O) groups excluding carboxylic acids is 1. The van der Waals surface area contributed by atoms with E-state index in [4.69, 9.17) is 16.3 Å². The summed E-state index contributed by atoms with van der Waals surface area (Å²) in [5.74, 6) is -2.17. The molecule has 162 valence electrons. The maximum atomic E-state index is 13.9. The van der Waals surface area contributed by atoms with Crippen LogP contribution >= 0.6 is 11.6 Å². The molecule has 2 N–H and O–H groups in total. The number of hydrogen-bond acceptors (Lipinski definition) is 4. The number of ether oxygens (including phenoxy) is 1. The number of nitrogens with one attached hydrogen (secondary N) is 2. The van der Waals surface area contributed by atoms with Crippen LogP contribution in [0.4, 0.5) is 20.2 Å². The SMILES string of the molecule is CCOc1ccc(S(=O)(=O)Nc2ccc(F)cc2F)cc1NC(=O)c1ccc(Cl)cc1. The zero-order valence-corrected chi connectivity index (χ0v) is 17.7. The van der Waals surface area contributed by atoms with Crippen LogP contribution in [0.3, 0.4) is 0 Å². The molecule has 1 amide bonds. The Labute approximate surface area is 182 Å².